The van der Waals surface area contributed by atoms with Crippen molar-refractivity contribution >= 4 is 0 Å². The van der Waals surface area contributed by atoms with E-state index in [0.717, 1.165) is 12.1 Å². The third-order valence-electron chi connectivity index (χ3n) is 2.84. The van der Waals surface area contributed by atoms with Crippen molar-refractivity contribution in [3.8, 4) is 0 Å². The first kappa shape index (κ1) is 10.0. The largest absolute Gasteiger partial charge is 0.299 e. The van der Waals surface area contributed by atoms with Gasteiger partial charge in [-0.2, -0.15) is 0 Å². The van der Waals surface area contributed by atoms with Crippen LogP contribution in [0.25, 0.3) is 0 Å². The molecule has 0 spiro atoms. The molecule has 0 bridgehead atoms. The average molecular weight is 170 g/mol. The van der Waals surface area contributed by atoms with Gasteiger partial charge in [-0.25, -0.2) is 0 Å². The number of hydrogen-bond acceptors (Lipinski definition) is 2. The van der Waals surface area contributed by atoms with Gasteiger partial charge in [0.25, 0.3) is 0 Å². The van der Waals surface area contributed by atoms with E-state index in [4.69, 9.17) is 0 Å². The third kappa shape index (κ3) is 2.46. The van der Waals surface area contributed by atoms with Crippen LogP contribution in [-0.2, 0) is 0 Å². The van der Waals surface area contributed by atoms with E-state index in [0.29, 0.717) is 6.17 Å². The zero-order valence-electron chi connectivity index (χ0n) is 8.56. The molecule has 2 nitrogen and oxygen atoms in total. The van der Waals surface area contributed by atoms with Gasteiger partial charge in [0.2, 0.25) is 0 Å². The minimum atomic E-state index is 0.550. The molecule has 1 saturated heterocycles. The fraction of sp³-hybridized carbons (Fsp3) is 1.00. The summed E-state index contributed by atoms with van der Waals surface area (Å²) in [4.78, 5) is 0. The van der Waals surface area contributed by atoms with Gasteiger partial charge >= 0.3 is 0 Å². The van der Waals surface area contributed by atoms with Crippen LogP contribution in [0.3, 0.4) is 0 Å². The summed E-state index contributed by atoms with van der Waals surface area (Å²) in [5.41, 5.74) is 0. The van der Waals surface area contributed by atoms with Crippen LogP contribution in [0.5, 0.6) is 0 Å². The van der Waals surface area contributed by atoms with Gasteiger partial charge in [0.05, 0.1) is 6.17 Å². The molecule has 2 unspecified atom stereocenters. The monoisotopic (exact) mass is 170 g/mol. The molecule has 0 amide bonds. The van der Waals surface area contributed by atoms with Gasteiger partial charge in [0.1, 0.15) is 0 Å². The van der Waals surface area contributed by atoms with Gasteiger partial charge in [-0.15, -0.1) is 0 Å². The van der Waals surface area contributed by atoms with E-state index in [2.05, 4.69) is 31.4 Å². The molecular weight excluding hydrogens is 148 g/mol. The van der Waals surface area contributed by atoms with Crippen LogP contribution in [0.1, 0.15) is 46.5 Å². The Morgan fingerprint density at radius 3 is 1.75 bits per heavy atom. The normalized spacial score (nSPS) is 36.8. The van der Waals surface area contributed by atoms with Crippen molar-refractivity contribution in [3.63, 3.8) is 0 Å². The van der Waals surface area contributed by atoms with Crippen molar-refractivity contribution < 1.29 is 0 Å². The first-order valence-corrected chi connectivity index (χ1v) is 5.32. The van der Waals surface area contributed by atoms with Crippen LogP contribution in [0.15, 0.2) is 0 Å². The maximum Gasteiger partial charge on any atom is 0.0573 e. The topological polar surface area (TPSA) is 24.1 Å². The van der Waals surface area contributed by atoms with Crippen LogP contribution >= 0.6 is 0 Å². The molecule has 12 heavy (non-hydrogen) atoms. The molecule has 1 aliphatic heterocycles. The van der Waals surface area contributed by atoms with Crippen molar-refractivity contribution in [2.45, 2.75) is 64.7 Å². The van der Waals surface area contributed by atoms with Gasteiger partial charge in [-0.1, -0.05) is 20.8 Å². The maximum atomic E-state index is 3.61. The minimum absolute atomic E-state index is 0.550. The number of nitrogens with one attached hydrogen (secondary N) is 2. The second-order valence-corrected chi connectivity index (χ2v) is 3.74. The lowest BCUT2D eigenvalue weighted by Crippen LogP contribution is -2.57. The van der Waals surface area contributed by atoms with Crippen molar-refractivity contribution in [3.05, 3.63) is 0 Å². The SMILES string of the molecule is CCC1CC(CC)NC(CC)N1. The van der Waals surface area contributed by atoms with E-state index >= 15 is 0 Å². The van der Waals surface area contributed by atoms with Crippen LogP contribution in [0.2, 0.25) is 0 Å². The van der Waals surface area contributed by atoms with Gasteiger partial charge in [0.15, 0.2) is 0 Å². The van der Waals surface area contributed by atoms with Crippen molar-refractivity contribution in [1.29, 1.82) is 0 Å². The summed E-state index contributed by atoms with van der Waals surface area (Å²) >= 11 is 0. The predicted molar refractivity (Wildman–Crippen MR) is 53.1 cm³/mol. The lowest BCUT2D eigenvalue weighted by atomic mass is 9.98. The highest BCUT2D eigenvalue weighted by atomic mass is 15.2. The molecule has 1 heterocycles. The molecular formula is C10H22N2. The van der Waals surface area contributed by atoms with E-state index in [9.17, 15) is 0 Å². The Morgan fingerprint density at radius 1 is 0.917 bits per heavy atom. The summed E-state index contributed by atoms with van der Waals surface area (Å²) in [5.74, 6) is 0. The molecule has 0 aromatic carbocycles. The van der Waals surface area contributed by atoms with Crippen LogP contribution in [0.4, 0.5) is 0 Å². The maximum absolute atomic E-state index is 3.61. The minimum Gasteiger partial charge on any atom is -0.299 e. The molecule has 1 aliphatic rings. The summed E-state index contributed by atoms with van der Waals surface area (Å²) in [6.07, 6.45) is 5.55. The molecule has 0 aromatic heterocycles. The zero-order valence-corrected chi connectivity index (χ0v) is 8.56. The van der Waals surface area contributed by atoms with E-state index in [1.807, 2.05) is 0 Å². The average Bonchev–Trinajstić information content (AvgIpc) is 2.16. The Balaban J connectivity index is 2.41. The molecule has 72 valence electrons. The molecule has 2 N–H and O–H groups in total. The lowest BCUT2D eigenvalue weighted by Gasteiger charge is -2.36. The Kier molecular flexibility index (Phi) is 4.02. The molecule has 2 atom stereocenters. The first-order valence-electron chi connectivity index (χ1n) is 5.32. The highest BCUT2D eigenvalue weighted by Gasteiger charge is 2.23. The van der Waals surface area contributed by atoms with Gasteiger partial charge in [-0.3, -0.25) is 10.6 Å². The second-order valence-electron chi connectivity index (χ2n) is 3.74. The fourth-order valence-corrected chi connectivity index (χ4v) is 1.90. The number of hydrogen-bond donors (Lipinski definition) is 2. The molecule has 0 saturated carbocycles. The number of rotatable bonds is 3. The van der Waals surface area contributed by atoms with Crippen molar-refractivity contribution in [2.24, 2.45) is 0 Å². The summed E-state index contributed by atoms with van der Waals surface area (Å²) in [6, 6.07) is 1.47. The van der Waals surface area contributed by atoms with E-state index < -0.39 is 0 Å². The summed E-state index contributed by atoms with van der Waals surface area (Å²) in [7, 11) is 0. The predicted octanol–water partition coefficient (Wildman–Crippen LogP) is 1.86. The molecule has 0 radical (unpaired) electrons. The zero-order chi connectivity index (χ0) is 8.97. The Morgan fingerprint density at radius 2 is 1.42 bits per heavy atom. The fourth-order valence-electron chi connectivity index (χ4n) is 1.90. The van der Waals surface area contributed by atoms with Gasteiger partial charge in [0, 0.05) is 12.1 Å². The summed E-state index contributed by atoms with van der Waals surface area (Å²) < 4.78 is 0. The summed E-state index contributed by atoms with van der Waals surface area (Å²) in [6.45, 7) is 6.76. The first-order chi connectivity index (χ1) is 5.80. The third-order valence-corrected chi connectivity index (χ3v) is 2.84. The van der Waals surface area contributed by atoms with E-state index in [1.165, 1.54) is 25.7 Å². The molecule has 1 rings (SSSR count). The molecule has 0 aliphatic carbocycles. The highest BCUT2D eigenvalue weighted by molar-refractivity contribution is 4.84. The van der Waals surface area contributed by atoms with Crippen molar-refractivity contribution in [1.82, 2.24) is 10.6 Å². The standard InChI is InChI=1S/C10H22N2/c1-4-8-7-9(5-2)12-10(6-3)11-8/h8-12H,4-7H2,1-3H3. The smallest absolute Gasteiger partial charge is 0.0573 e. The molecule has 0 aromatic rings. The highest BCUT2D eigenvalue weighted by Crippen LogP contribution is 2.12. The Bertz CT molecular complexity index is 95.2. The van der Waals surface area contributed by atoms with Gasteiger partial charge in [-0.05, 0) is 25.7 Å². The molecule has 2 heteroatoms. The van der Waals surface area contributed by atoms with Gasteiger partial charge < -0.3 is 0 Å². The van der Waals surface area contributed by atoms with E-state index in [-0.39, 0.29) is 0 Å². The van der Waals surface area contributed by atoms with Crippen LogP contribution in [0, 0.1) is 0 Å². The lowest BCUT2D eigenvalue weighted by molar-refractivity contribution is 0.228. The van der Waals surface area contributed by atoms with Crippen LogP contribution < -0.4 is 10.6 Å². The van der Waals surface area contributed by atoms with E-state index in [1.54, 1.807) is 0 Å². The summed E-state index contributed by atoms with van der Waals surface area (Å²) in [5, 5.41) is 7.21. The second kappa shape index (κ2) is 4.83. The van der Waals surface area contributed by atoms with Crippen molar-refractivity contribution in [2.75, 3.05) is 0 Å². The Hall–Kier alpha value is -0.0800. The van der Waals surface area contributed by atoms with Crippen LogP contribution in [-0.4, -0.2) is 18.2 Å². The molecule has 1 fully saturated rings. The Labute approximate surface area is 76.1 Å². The quantitative estimate of drug-likeness (QED) is 0.675.